The van der Waals surface area contributed by atoms with Crippen molar-refractivity contribution >= 4 is 11.9 Å². The molecule has 152 valence electrons. The molecule has 2 aliphatic rings. The van der Waals surface area contributed by atoms with E-state index in [0.717, 1.165) is 31.4 Å². The molecule has 1 spiro atoms. The molecule has 1 aliphatic heterocycles. The minimum atomic E-state index is -0.910. The Morgan fingerprint density at radius 2 is 1.93 bits per heavy atom. The smallest absolute Gasteiger partial charge is 0.319 e. The third-order valence-electron chi connectivity index (χ3n) is 6.18. The Bertz CT molecular complexity index is 926. The van der Waals surface area contributed by atoms with Crippen molar-refractivity contribution in [2.75, 3.05) is 13.2 Å². The summed E-state index contributed by atoms with van der Waals surface area (Å²) in [6.45, 7) is 5.90. The van der Waals surface area contributed by atoms with E-state index < -0.39 is 5.54 Å². The second-order valence-electron chi connectivity index (χ2n) is 8.21. The number of fused-ring (bicyclic) bond motifs is 2. The standard InChI is InChI=1S/C24H29N3O2/c1-3-26(16-19-10-8-9-18(2)15-19)17-27-22(28)24(25-23(27)29)14-7-6-12-20-11-4-5-13-21(20)24/h4-5,8-11,13,15H,3,6-7,12,14,16-17H2,1-2H3,(H,25,29). The molecule has 1 unspecified atom stereocenters. The van der Waals surface area contributed by atoms with E-state index in [4.69, 9.17) is 0 Å². The minimum Gasteiger partial charge on any atom is -0.319 e. The van der Waals surface area contributed by atoms with E-state index >= 15 is 0 Å². The molecule has 2 aromatic carbocycles. The first kappa shape index (κ1) is 19.6. The van der Waals surface area contributed by atoms with Crippen LogP contribution < -0.4 is 5.32 Å². The fourth-order valence-corrected chi connectivity index (χ4v) is 4.63. The highest BCUT2D eigenvalue weighted by atomic mass is 16.2. The highest BCUT2D eigenvalue weighted by Gasteiger charge is 2.53. The lowest BCUT2D eigenvalue weighted by molar-refractivity contribution is -0.133. The molecule has 0 aromatic heterocycles. The maximum Gasteiger partial charge on any atom is 0.326 e. The molecule has 4 rings (SSSR count). The van der Waals surface area contributed by atoms with Crippen LogP contribution in [0, 0.1) is 6.92 Å². The summed E-state index contributed by atoms with van der Waals surface area (Å²) in [7, 11) is 0. The summed E-state index contributed by atoms with van der Waals surface area (Å²) in [4.78, 5) is 30.0. The summed E-state index contributed by atoms with van der Waals surface area (Å²) in [5.41, 5.74) is 3.64. The van der Waals surface area contributed by atoms with Crippen LogP contribution in [0.5, 0.6) is 0 Å². The highest BCUT2D eigenvalue weighted by Crippen LogP contribution is 2.39. The number of rotatable bonds is 5. The van der Waals surface area contributed by atoms with Crippen LogP contribution in [0.4, 0.5) is 4.79 Å². The van der Waals surface area contributed by atoms with Gasteiger partial charge in [-0.3, -0.25) is 9.69 Å². The summed E-state index contributed by atoms with van der Waals surface area (Å²) in [6, 6.07) is 16.1. The lowest BCUT2D eigenvalue weighted by atomic mass is 9.84. The quantitative estimate of drug-likeness (QED) is 0.786. The number of hydrogen-bond donors (Lipinski definition) is 1. The van der Waals surface area contributed by atoms with Crippen LogP contribution in [0.3, 0.4) is 0 Å². The Morgan fingerprint density at radius 1 is 1.10 bits per heavy atom. The molecule has 1 heterocycles. The number of hydrogen-bond acceptors (Lipinski definition) is 3. The number of amides is 3. The van der Waals surface area contributed by atoms with Crippen molar-refractivity contribution in [1.82, 2.24) is 15.1 Å². The molecule has 5 nitrogen and oxygen atoms in total. The van der Waals surface area contributed by atoms with Gasteiger partial charge < -0.3 is 5.32 Å². The lowest BCUT2D eigenvalue weighted by Crippen LogP contribution is -2.45. The summed E-state index contributed by atoms with van der Waals surface area (Å²) >= 11 is 0. The number of nitrogens with zero attached hydrogens (tertiary/aromatic N) is 2. The molecule has 0 saturated carbocycles. The van der Waals surface area contributed by atoms with Gasteiger partial charge in [-0.05, 0) is 55.8 Å². The van der Waals surface area contributed by atoms with E-state index in [1.54, 1.807) is 0 Å². The van der Waals surface area contributed by atoms with Crippen molar-refractivity contribution in [2.24, 2.45) is 0 Å². The second kappa shape index (κ2) is 7.99. The average Bonchev–Trinajstić information content (AvgIpc) is 2.85. The van der Waals surface area contributed by atoms with Gasteiger partial charge in [0.15, 0.2) is 0 Å². The Morgan fingerprint density at radius 3 is 2.72 bits per heavy atom. The van der Waals surface area contributed by atoms with E-state index in [1.807, 2.05) is 24.3 Å². The lowest BCUT2D eigenvalue weighted by Gasteiger charge is -2.29. The zero-order valence-corrected chi connectivity index (χ0v) is 17.3. The summed E-state index contributed by atoms with van der Waals surface area (Å²) < 4.78 is 0. The van der Waals surface area contributed by atoms with Crippen molar-refractivity contribution in [1.29, 1.82) is 0 Å². The Labute approximate surface area is 172 Å². The predicted molar refractivity (Wildman–Crippen MR) is 113 cm³/mol. The van der Waals surface area contributed by atoms with Crippen LogP contribution in [0.2, 0.25) is 0 Å². The van der Waals surface area contributed by atoms with Crippen molar-refractivity contribution in [3.05, 3.63) is 70.8 Å². The van der Waals surface area contributed by atoms with E-state index in [-0.39, 0.29) is 11.9 Å². The normalized spacial score (nSPS) is 21.4. The molecule has 1 fully saturated rings. The number of urea groups is 1. The van der Waals surface area contributed by atoms with Gasteiger partial charge in [-0.15, -0.1) is 0 Å². The van der Waals surface area contributed by atoms with Gasteiger partial charge in [0, 0.05) is 6.54 Å². The van der Waals surface area contributed by atoms with Crippen LogP contribution in [-0.4, -0.2) is 35.0 Å². The molecule has 0 radical (unpaired) electrons. The van der Waals surface area contributed by atoms with E-state index in [1.165, 1.54) is 21.6 Å². The third-order valence-corrected chi connectivity index (χ3v) is 6.18. The Kier molecular flexibility index (Phi) is 5.41. The fourth-order valence-electron chi connectivity index (χ4n) is 4.63. The van der Waals surface area contributed by atoms with E-state index in [9.17, 15) is 9.59 Å². The Balaban J connectivity index is 1.58. The maximum atomic E-state index is 13.6. The summed E-state index contributed by atoms with van der Waals surface area (Å²) in [5.74, 6) is -0.112. The van der Waals surface area contributed by atoms with Crippen molar-refractivity contribution in [3.63, 3.8) is 0 Å². The van der Waals surface area contributed by atoms with Crippen LogP contribution in [0.25, 0.3) is 0 Å². The van der Waals surface area contributed by atoms with Crippen molar-refractivity contribution < 1.29 is 9.59 Å². The molecule has 29 heavy (non-hydrogen) atoms. The van der Waals surface area contributed by atoms with Gasteiger partial charge in [-0.25, -0.2) is 9.69 Å². The predicted octanol–water partition coefficient (Wildman–Crippen LogP) is 3.95. The summed E-state index contributed by atoms with van der Waals surface area (Å²) in [5, 5.41) is 3.08. The van der Waals surface area contributed by atoms with Gasteiger partial charge >= 0.3 is 6.03 Å². The number of carbonyl (C=O) groups is 2. The molecule has 1 N–H and O–H groups in total. The third kappa shape index (κ3) is 3.67. The topological polar surface area (TPSA) is 52.6 Å². The van der Waals surface area contributed by atoms with Crippen LogP contribution in [0.1, 0.15) is 48.4 Å². The second-order valence-corrected chi connectivity index (χ2v) is 8.21. The van der Waals surface area contributed by atoms with Crippen LogP contribution in [0.15, 0.2) is 48.5 Å². The number of imide groups is 1. The van der Waals surface area contributed by atoms with Gasteiger partial charge in [0.25, 0.3) is 5.91 Å². The first-order chi connectivity index (χ1) is 14.0. The maximum absolute atomic E-state index is 13.6. The number of aryl methyl sites for hydroxylation is 2. The molecule has 2 aromatic rings. The minimum absolute atomic E-state index is 0.112. The first-order valence-electron chi connectivity index (χ1n) is 10.5. The Hall–Kier alpha value is -2.66. The van der Waals surface area contributed by atoms with Gasteiger partial charge in [0.1, 0.15) is 5.54 Å². The monoisotopic (exact) mass is 391 g/mol. The zero-order chi connectivity index (χ0) is 20.4. The SMILES string of the molecule is CCN(Cc1cccc(C)c1)CN1C(=O)NC2(CCCCc3ccccc32)C1=O. The molecule has 1 atom stereocenters. The molecule has 1 saturated heterocycles. The van der Waals surface area contributed by atoms with Gasteiger partial charge in [-0.1, -0.05) is 61.0 Å². The molecule has 1 aliphatic carbocycles. The van der Waals surface area contributed by atoms with Gasteiger partial charge in [-0.2, -0.15) is 0 Å². The largest absolute Gasteiger partial charge is 0.326 e. The number of carbonyl (C=O) groups excluding carboxylic acids is 2. The van der Waals surface area contributed by atoms with Gasteiger partial charge in [0.2, 0.25) is 0 Å². The zero-order valence-electron chi connectivity index (χ0n) is 17.3. The highest BCUT2D eigenvalue weighted by molar-refractivity contribution is 6.07. The first-order valence-corrected chi connectivity index (χ1v) is 10.5. The molecule has 0 bridgehead atoms. The van der Waals surface area contributed by atoms with Gasteiger partial charge in [0.05, 0.1) is 6.67 Å². The molecule has 5 heteroatoms. The van der Waals surface area contributed by atoms with Crippen molar-refractivity contribution in [3.8, 4) is 0 Å². The van der Waals surface area contributed by atoms with E-state index in [0.29, 0.717) is 19.6 Å². The van der Waals surface area contributed by atoms with Crippen LogP contribution in [-0.2, 0) is 23.3 Å². The van der Waals surface area contributed by atoms with E-state index in [2.05, 4.69) is 48.3 Å². The van der Waals surface area contributed by atoms with Crippen molar-refractivity contribution in [2.45, 2.75) is 51.6 Å². The number of benzene rings is 2. The number of nitrogens with one attached hydrogen (secondary N) is 1. The fraction of sp³-hybridized carbons (Fsp3) is 0.417. The molecular weight excluding hydrogens is 362 g/mol. The molecular formula is C24H29N3O2. The summed E-state index contributed by atoms with van der Waals surface area (Å²) in [6.07, 6.45) is 3.58. The average molecular weight is 392 g/mol. The van der Waals surface area contributed by atoms with Crippen LogP contribution >= 0.6 is 0 Å². The molecule has 3 amide bonds.